The van der Waals surface area contributed by atoms with E-state index in [9.17, 15) is 24.3 Å². The van der Waals surface area contributed by atoms with Gasteiger partial charge in [-0.05, 0) is 24.3 Å². The minimum absolute atomic E-state index is 0.0428. The maximum atomic E-state index is 13.1. The molecule has 0 radical (unpaired) electrons. The van der Waals surface area contributed by atoms with Gasteiger partial charge in [0.05, 0.1) is 6.04 Å². The monoisotopic (exact) mass is 537 g/mol. The number of aliphatic carboxylic acids is 1. The van der Waals surface area contributed by atoms with Crippen molar-refractivity contribution in [2.24, 2.45) is 28.1 Å². The van der Waals surface area contributed by atoms with Crippen molar-refractivity contribution >= 4 is 42.3 Å². The molecule has 0 heterocycles. The van der Waals surface area contributed by atoms with Crippen molar-refractivity contribution in [2.45, 2.75) is 63.7 Å². The normalized spacial score (nSPS) is 14.8. The number of carboxylic acid groups (broad SMARTS) is 1. The number of aliphatic imine (C=N–C) groups is 1. The minimum Gasteiger partial charge on any atom is -0.480 e. The van der Waals surface area contributed by atoms with Crippen LogP contribution in [0.4, 0.5) is 0 Å². The van der Waals surface area contributed by atoms with Crippen LogP contribution in [0.1, 0.15) is 38.7 Å². The van der Waals surface area contributed by atoms with Crippen LogP contribution in [0.25, 0.3) is 0 Å². The topological polar surface area (TPSA) is 215 Å². The van der Waals surface area contributed by atoms with Crippen molar-refractivity contribution in [3.05, 3.63) is 35.9 Å². The molecule has 0 aliphatic carbocycles. The van der Waals surface area contributed by atoms with E-state index in [1.54, 1.807) is 31.2 Å². The number of amides is 3. The van der Waals surface area contributed by atoms with Crippen molar-refractivity contribution in [3.63, 3.8) is 0 Å². The van der Waals surface area contributed by atoms with Gasteiger partial charge in [-0.25, -0.2) is 4.79 Å². The molecule has 0 aliphatic heterocycles. The highest BCUT2D eigenvalue weighted by Crippen LogP contribution is 2.11. The summed E-state index contributed by atoms with van der Waals surface area (Å²) in [7, 11) is 0. The average Bonchev–Trinajstić information content (AvgIpc) is 2.87. The second kappa shape index (κ2) is 16.4. The van der Waals surface area contributed by atoms with Crippen molar-refractivity contribution in [1.82, 2.24) is 16.0 Å². The van der Waals surface area contributed by atoms with Crippen molar-refractivity contribution in [1.29, 1.82) is 0 Å². The molecular formula is C24H39N7O5S. The van der Waals surface area contributed by atoms with E-state index in [4.69, 9.17) is 17.2 Å². The molecule has 12 nitrogen and oxygen atoms in total. The maximum Gasteiger partial charge on any atom is 0.326 e. The quantitative estimate of drug-likeness (QED) is 0.0572. The van der Waals surface area contributed by atoms with E-state index in [1.165, 1.54) is 0 Å². The van der Waals surface area contributed by atoms with Gasteiger partial charge in [0.1, 0.15) is 18.1 Å². The van der Waals surface area contributed by atoms with Gasteiger partial charge in [-0.3, -0.25) is 19.4 Å². The Hall–Kier alpha value is -3.32. The van der Waals surface area contributed by atoms with E-state index in [1.807, 2.05) is 13.0 Å². The molecule has 1 rings (SSSR count). The van der Waals surface area contributed by atoms with Crippen molar-refractivity contribution in [3.8, 4) is 0 Å². The lowest BCUT2D eigenvalue weighted by Gasteiger charge is -2.27. The van der Waals surface area contributed by atoms with Gasteiger partial charge in [-0.2, -0.15) is 12.6 Å². The highest BCUT2D eigenvalue weighted by atomic mass is 32.1. The van der Waals surface area contributed by atoms with Gasteiger partial charge in [0.2, 0.25) is 17.7 Å². The van der Waals surface area contributed by atoms with Gasteiger partial charge in [-0.1, -0.05) is 50.6 Å². The molecule has 5 unspecified atom stereocenters. The zero-order chi connectivity index (χ0) is 28.0. The van der Waals surface area contributed by atoms with E-state index < -0.39 is 47.9 Å². The summed E-state index contributed by atoms with van der Waals surface area (Å²) in [5, 5.41) is 17.4. The molecule has 5 atom stereocenters. The van der Waals surface area contributed by atoms with E-state index in [0.717, 1.165) is 5.56 Å². The summed E-state index contributed by atoms with van der Waals surface area (Å²) in [6.07, 6.45) is 1.38. The number of nitrogens with zero attached hydrogens (tertiary/aromatic N) is 1. The van der Waals surface area contributed by atoms with Crippen LogP contribution in [0, 0.1) is 5.92 Å². The van der Waals surface area contributed by atoms with E-state index >= 15 is 0 Å². The van der Waals surface area contributed by atoms with Gasteiger partial charge in [0.15, 0.2) is 5.96 Å². The highest BCUT2D eigenvalue weighted by Gasteiger charge is 2.32. The first-order valence-electron chi connectivity index (χ1n) is 12.1. The summed E-state index contributed by atoms with van der Waals surface area (Å²) in [6, 6.07) is 4.73. The minimum atomic E-state index is -1.19. The predicted octanol–water partition coefficient (Wildman–Crippen LogP) is -0.875. The molecule has 13 heteroatoms. The zero-order valence-electron chi connectivity index (χ0n) is 21.2. The number of guanidine groups is 1. The first-order chi connectivity index (χ1) is 17.5. The molecule has 10 N–H and O–H groups in total. The number of carboxylic acids is 1. The summed E-state index contributed by atoms with van der Waals surface area (Å²) < 4.78 is 0. The van der Waals surface area contributed by atoms with Crippen LogP contribution < -0.4 is 33.2 Å². The predicted molar refractivity (Wildman–Crippen MR) is 145 cm³/mol. The largest absolute Gasteiger partial charge is 0.480 e. The first kappa shape index (κ1) is 31.7. The Morgan fingerprint density at radius 3 is 2.16 bits per heavy atom. The third-order valence-corrected chi connectivity index (χ3v) is 6.18. The number of nitrogens with two attached hydrogens (primary N) is 3. The first-order valence-corrected chi connectivity index (χ1v) is 12.7. The summed E-state index contributed by atoms with van der Waals surface area (Å²) in [5.41, 5.74) is 17.2. The fourth-order valence-corrected chi connectivity index (χ4v) is 3.65. The summed E-state index contributed by atoms with van der Waals surface area (Å²) in [5.74, 6) is -3.43. The molecule has 0 aromatic heterocycles. The molecule has 1 aromatic rings. The molecule has 206 valence electrons. The number of benzene rings is 1. The number of rotatable bonds is 16. The number of thiol groups is 1. The smallest absolute Gasteiger partial charge is 0.326 e. The number of hydrogen-bond acceptors (Lipinski definition) is 7. The van der Waals surface area contributed by atoms with Crippen LogP contribution in [0.2, 0.25) is 0 Å². The zero-order valence-corrected chi connectivity index (χ0v) is 22.1. The number of carbonyl (C=O) groups excluding carboxylic acids is 3. The molecule has 3 amide bonds. The molecule has 0 fully saturated rings. The third kappa shape index (κ3) is 11.5. The number of nitrogens with one attached hydrogen (secondary N) is 3. The Morgan fingerprint density at radius 2 is 1.62 bits per heavy atom. The average molecular weight is 538 g/mol. The Bertz CT molecular complexity index is 927. The lowest BCUT2D eigenvalue weighted by molar-refractivity contribution is -0.142. The lowest BCUT2D eigenvalue weighted by atomic mass is 9.97. The Labute approximate surface area is 222 Å². The van der Waals surface area contributed by atoms with Crippen LogP contribution >= 0.6 is 12.6 Å². The summed E-state index contributed by atoms with van der Waals surface area (Å²) in [6.45, 7) is 3.92. The van der Waals surface area contributed by atoms with Gasteiger partial charge in [0.25, 0.3) is 0 Å². The van der Waals surface area contributed by atoms with Gasteiger partial charge in [-0.15, -0.1) is 0 Å². The van der Waals surface area contributed by atoms with Crippen LogP contribution in [-0.2, 0) is 25.6 Å². The lowest BCUT2D eigenvalue weighted by Crippen LogP contribution is -2.59. The standard InChI is InChI=1S/C24H39N7O5S/c1-3-14(2)19(22(34)29-17(23(35)36)12-15-8-5-4-6-9-15)31-21(33)18(13-37)30-20(32)16(25)10-7-11-28-24(26)27/h4-6,8-9,14,16-19,37H,3,7,10-13,25H2,1-2H3,(H,29,34)(H,30,32)(H,31,33)(H,35,36)(H4,26,27,28). The second-order valence-electron chi connectivity index (χ2n) is 8.76. The van der Waals surface area contributed by atoms with E-state index in [-0.39, 0.29) is 24.1 Å². The molecule has 0 aliphatic rings. The number of hydrogen-bond donors (Lipinski definition) is 8. The molecule has 0 spiro atoms. The summed E-state index contributed by atoms with van der Waals surface area (Å²) in [4.78, 5) is 54.1. The Balaban J connectivity index is 2.84. The van der Waals surface area contributed by atoms with Crippen LogP contribution in [0.15, 0.2) is 35.3 Å². The van der Waals surface area contributed by atoms with Crippen molar-refractivity contribution in [2.75, 3.05) is 12.3 Å². The molecule has 0 bridgehead atoms. The van der Waals surface area contributed by atoms with Crippen LogP contribution in [0.5, 0.6) is 0 Å². The third-order valence-electron chi connectivity index (χ3n) is 5.81. The highest BCUT2D eigenvalue weighted by molar-refractivity contribution is 7.80. The van der Waals surface area contributed by atoms with Crippen LogP contribution in [0.3, 0.4) is 0 Å². The van der Waals surface area contributed by atoms with Crippen molar-refractivity contribution < 1.29 is 24.3 Å². The SMILES string of the molecule is CCC(C)C(NC(=O)C(CS)NC(=O)C(N)CCCN=C(N)N)C(=O)NC(Cc1ccccc1)C(=O)O. The molecule has 1 aromatic carbocycles. The molecule has 37 heavy (non-hydrogen) atoms. The fraction of sp³-hybridized carbons (Fsp3) is 0.542. The Kier molecular flexibility index (Phi) is 14.1. The van der Waals surface area contributed by atoms with Gasteiger partial charge in [0, 0.05) is 18.7 Å². The maximum absolute atomic E-state index is 13.1. The summed E-state index contributed by atoms with van der Waals surface area (Å²) >= 11 is 4.15. The molecular weight excluding hydrogens is 498 g/mol. The second-order valence-corrected chi connectivity index (χ2v) is 9.13. The molecule has 0 saturated carbocycles. The Morgan fingerprint density at radius 1 is 1.00 bits per heavy atom. The van der Waals surface area contributed by atoms with Crippen LogP contribution in [-0.4, -0.2) is 71.2 Å². The molecule has 0 saturated heterocycles. The van der Waals surface area contributed by atoms with Gasteiger partial charge >= 0.3 is 5.97 Å². The number of carbonyl (C=O) groups is 4. The fourth-order valence-electron chi connectivity index (χ4n) is 3.39. The van der Waals surface area contributed by atoms with E-state index in [2.05, 4.69) is 33.6 Å². The van der Waals surface area contributed by atoms with Gasteiger partial charge < -0.3 is 38.3 Å². The van der Waals surface area contributed by atoms with E-state index in [0.29, 0.717) is 25.8 Å².